The number of phenolic OH excluding ortho intramolecular Hbond substituents is 1. The Bertz CT molecular complexity index is 1350. The number of nitrogens with one attached hydrogen (secondary N) is 1. The molecule has 0 fully saturated rings. The first-order valence-electron chi connectivity index (χ1n) is 9.13. The third-order valence-electron chi connectivity index (χ3n) is 4.76. The Labute approximate surface area is 183 Å². The van der Waals surface area contributed by atoms with Crippen LogP contribution in [0.4, 0.5) is 11.5 Å². The van der Waals surface area contributed by atoms with Gasteiger partial charge in [0.15, 0.2) is 9.84 Å². The van der Waals surface area contributed by atoms with Crippen molar-refractivity contribution in [2.45, 2.75) is 18.7 Å². The van der Waals surface area contributed by atoms with Gasteiger partial charge in [-0.05, 0) is 42.8 Å². The average molecular weight is 460 g/mol. The lowest BCUT2D eigenvalue weighted by molar-refractivity contribution is 0.477. The van der Waals surface area contributed by atoms with Gasteiger partial charge in [-0.25, -0.2) is 18.4 Å². The number of aromatic nitrogens is 2. The van der Waals surface area contributed by atoms with Crippen molar-refractivity contribution in [2.75, 3.05) is 11.1 Å². The Morgan fingerprint density at radius 3 is 2.57 bits per heavy atom. The first-order valence-corrected chi connectivity index (χ1v) is 12.0. The lowest BCUT2D eigenvalue weighted by Crippen LogP contribution is -2.04. The maximum atomic E-state index is 12.3. The molecule has 2 N–H and O–H groups in total. The van der Waals surface area contributed by atoms with Crippen LogP contribution in [0.5, 0.6) is 5.75 Å². The molecule has 6 nitrogen and oxygen atoms in total. The zero-order valence-electron chi connectivity index (χ0n) is 16.2. The van der Waals surface area contributed by atoms with Crippen LogP contribution < -0.4 is 5.32 Å². The van der Waals surface area contributed by atoms with E-state index in [1.165, 1.54) is 35.9 Å². The van der Waals surface area contributed by atoms with E-state index >= 15 is 0 Å². The summed E-state index contributed by atoms with van der Waals surface area (Å²) in [7, 11) is -3.42. The summed E-state index contributed by atoms with van der Waals surface area (Å²) in [4.78, 5) is 10.7. The molecule has 0 unspecified atom stereocenters. The highest BCUT2D eigenvalue weighted by Crippen LogP contribution is 2.42. The summed E-state index contributed by atoms with van der Waals surface area (Å²) >= 11 is 7.57. The van der Waals surface area contributed by atoms with E-state index in [2.05, 4.69) is 15.3 Å². The number of aromatic hydroxyl groups is 1. The maximum absolute atomic E-state index is 12.3. The molecule has 0 amide bonds. The van der Waals surface area contributed by atoms with Crippen LogP contribution >= 0.6 is 22.9 Å². The highest BCUT2D eigenvalue weighted by atomic mass is 35.5. The van der Waals surface area contributed by atoms with Gasteiger partial charge < -0.3 is 10.4 Å². The fourth-order valence-electron chi connectivity index (χ4n) is 3.21. The molecule has 0 atom stereocenters. The fourth-order valence-corrected chi connectivity index (χ4v) is 5.25. The van der Waals surface area contributed by atoms with Crippen molar-refractivity contribution in [1.82, 2.24) is 9.97 Å². The number of rotatable bonds is 5. The lowest BCUT2D eigenvalue weighted by Gasteiger charge is -2.12. The molecule has 0 radical (unpaired) electrons. The van der Waals surface area contributed by atoms with E-state index in [1.807, 2.05) is 31.2 Å². The van der Waals surface area contributed by atoms with Gasteiger partial charge >= 0.3 is 0 Å². The molecule has 154 valence electrons. The third-order valence-corrected chi connectivity index (χ3v) is 7.75. The standard InChI is InChI=1S/C21H18ClN3O3S2/c1-3-30(27,28)15-8-9-17(26)16(10-15)25-20-19-18(13-4-6-14(22)7-5-13)12(2)29-21(19)24-11-23-20/h4-11,26H,3H2,1-2H3,(H,23,24,25). The van der Waals surface area contributed by atoms with Gasteiger partial charge in [0.05, 0.1) is 21.7 Å². The number of nitrogens with zero attached hydrogens (tertiary/aromatic N) is 2. The molecule has 9 heteroatoms. The molecule has 30 heavy (non-hydrogen) atoms. The summed E-state index contributed by atoms with van der Waals surface area (Å²) in [5.41, 5.74) is 2.19. The second-order valence-electron chi connectivity index (χ2n) is 6.65. The maximum Gasteiger partial charge on any atom is 0.178 e. The zero-order valence-corrected chi connectivity index (χ0v) is 18.6. The van der Waals surface area contributed by atoms with Crippen molar-refractivity contribution >= 4 is 54.5 Å². The van der Waals surface area contributed by atoms with Crippen molar-refractivity contribution in [3.63, 3.8) is 0 Å². The van der Waals surface area contributed by atoms with Gasteiger partial charge in [-0.15, -0.1) is 11.3 Å². The number of thiophene rings is 1. The van der Waals surface area contributed by atoms with Crippen LogP contribution in [0.25, 0.3) is 21.3 Å². The summed E-state index contributed by atoms with van der Waals surface area (Å²) in [5, 5.41) is 14.9. The fraction of sp³-hybridized carbons (Fsp3) is 0.143. The minimum atomic E-state index is -3.42. The van der Waals surface area contributed by atoms with Crippen molar-refractivity contribution in [3.8, 4) is 16.9 Å². The van der Waals surface area contributed by atoms with E-state index in [-0.39, 0.29) is 22.1 Å². The first kappa shape index (κ1) is 20.6. The third kappa shape index (κ3) is 3.74. The summed E-state index contributed by atoms with van der Waals surface area (Å²) in [5.74, 6) is 0.381. The number of benzene rings is 2. The van der Waals surface area contributed by atoms with E-state index in [0.29, 0.717) is 10.8 Å². The van der Waals surface area contributed by atoms with Crippen LogP contribution in [0.1, 0.15) is 11.8 Å². The number of anilines is 2. The molecule has 0 spiro atoms. The van der Waals surface area contributed by atoms with E-state index in [9.17, 15) is 13.5 Å². The molecular weight excluding hydrogens is 442 g/mol. The lowest BCUT2D eigenvalue weighted by atomic mass is 10.0. The van der Waals surface area contributed by atoms with Gasteiger partial charge in [0, 0.05) is 15.5 Å². The van der Waals surface area contributed by atoms with Crippen LogP contribution in [0.2, 0.25) is 5.02 Å². The molecule has 2 aromatic carbocycles. The van der Waals surface area contributed by atoms with Crippen molar-refractivity contribution in [3.05, 3.63) is 58.7 Å². The number of fused-ring (bicyclic) bond motifs is 1. The number of phenols is 1. The summed E-state index contributed by atoms with van der Waals surface area (Å²) in [6.45, 7) is 3.59. The molecule has 0 aliphatic carbocycles. The molecule has 2 heterocycles. The van der Waals surface area contributed by atoms with Crippen LogP contribution in [-0.2, 0) is 9.84 Å². The Kier molecular flexibility index (Phi) is 5.40. The topological polar surface area (TPSA) is 92.2 Å². The summed E-state index contributed by atoms with van der Waals surface area (Å²) in [6, 6.07) is 11.7. The molecule has 2 aromatic heterocycles. The molecule has 0 aliphatic rings. The Morgan fingerprint density at radius 2 is 1.87 bits per heavy atom. The minimum Gasteiger partial charge on any atom is -0.506 e. The van der Waals surface area contributed by atoms with Gasteiger partial charge in [0.25, 0.3) is 0 Å². The Hall–Kier alpha value is -2.68. The highest BCUT2D eigenvalue weighted by Gasteiger charge is 2.19. The van der Waals surface area contributed by atoms with Gasteiger partial charge in [-0.2, -0.15) is 0 Å². The van der Waals surface area contributed by atoms with Crippen molar-refractivity contribution in [1.29, 1.82) is 0 Å². The highest BCUT2D eigenvalue weighted by molar-refractivity contribution is 7.91. The number of halogens is 1. The number of sulfone groups is 1. The van der Waals surface area contributed by atoms with Crippen LogP contribution in [-0.4, -0.2) is 29.2 Å². The van der Waals surface area contributed by atoms with Gasteiger partial charge in [0.2, 0.25) is 0 Å². The smallest absolute Gasteiger partial charge is 0.178 e. The number of hydrogen-bond donors (Lipinski definition) is 2. The SMILES string of the molecule is CCS(=O)(=O)c1ccc(O)c(Nc2ncnc3sc(C)c(-c4ccc(Cl)cc4)c23)c1. The van der Waals surface area contributed by atoms with Crippen LogP contribution in [0.15, 0.2) is 53.7 Å². The normalized spacial score (nSPS) is 11.7. The predicted octanol–water partition coefficient (Wildman–Crippen LogP) is 5.56. The minimum absolute atomic E-state index is 0.0284. The average Bonchev–Trinajstić information content (AvgIpc) is 3.07. The molecule has 4 aromatic rings. The van der Waals surface area contributed by atoms with E-state index in [1.54, 1.807) is 6.92 Å². The molecular formula is C21H18ClN3O3S2. The van der Waals surface area contributed by atoms with Crippen molar-refractivity contribution < 1.29 is 13.5 Å². The zero-order chi connectivity index (χ0) is 21.5. The van der Waals surface area contributed by atoms with E-state index in [0.717, 1.165) is 26.2 Å². The van der Waals surface area contributed by atoms with E-state index in [4.69, 9.17) is 11.6 Å². The first-order chi connectivity index (χ1) is 14.3. The quantitative estimate of drug-likeness (QED) is 0.379. The van der Waals surface area contributed by atoms with E-state index < -0.39 is 9.84 Å². The van der Waals surface area contributed by atoms with Gasteiger partial charge in [-0.1, -0.05) is 30.7 Å². The Balaban J connectivity index is 1.87. The van der Waals surface area contributed by atoms with Crippen LogP contribution in [0.3, 0.4) is 0 Å². The molecule has 0 aliphatic heterocycles. The number of aryl methyl sites for hydroxylation is 1. The second kappa shape index (κ2) is 7.86. The summed E-state index contributed by atoms with van der Waals surface area (Å²) in [6.07, 6.45) is 1.44. The molecule has 4 rings (SSSR count). The second-order valence-corrected chi connectivity index (χ2v) is 10.6. The monoisotopic (exact) mass is 459 g/mol. The van der Waals surface area contributed by atoms with Gasteiger partial charge in [0.1, 0.15) is 22.7 Å². The number of hydrogen-bond acceptors (Lipinski definition) is 7. The van der Waals surface area contributed by atoms with Gasteiger partial charge in [-0.3, -0.25) is 0 Å². The molecule has 0 bridgehead atoms. The predicted molar refractivity (Wildman–Crippen MR) is 122 cm³/mol. The van der Waals surface area contributed by atoms with Crippen LogP contribution in [0, 0.1) is 6.92 Å². The molecule has 0 saturated heterocycles. The largest absolute Gasteiger partial charge is 0.506 e. The summed E-state index contributed by atoms with van der Waals surface area (Å²) < 4.78 is 24.5. The molecule has 0 saturated carbocycles. The Morgan fingerprint density at radius 1 is 1.13 bits per heavy atom. The van der Waals surface area contributed by atoms with Crippen molar-refractivity contribution in [2.24, 2.45) is 0 Å².